The summed E-state index contributed by atoms with van der Waals surface area (Å²) < 4.78 is 0. The maximum Gasteiger partial charge on any atom is 0.0628 e. The minimum atomic E-state index is 0.578. The van der Waals surface area contributed by atoms with E-state index in [1.807, 2.05) is 6.07 Å². The smallest absolute Gasteiger partial charge is 0.0628 e. The Kier molecular flexibility index (Phi) is 3.04. The van der Waals surface area contributed by atoms with Crippen molar-refractivity contribution in [2.45, 2.75) is 44.3 Å². The number of nitrogens with one attached hydrogen (secondary N) is 1. The molecule has 3 aliphatic rings. The van der Waals surface area contributed by atoms with Crippen molar-refractivity contribution in [3.8, 4) is 0 Å². The van der Waals surface area contributed by atoms with E-state index in [2.05, 4.69) is 26.9 Å². The first kappa shape index (κ1) is 13.4. The van der Waals surface area contributed by atoms with Gasteiger partial charge in [-0.05, 0) is 56.3 Å². The number of fused-ring (bicyclic) bond motifs is 7. The van der Waals surface area contributed by atoms with E-state index in [9.17, 15) is 0 Å². The molecule has 1 aromatic carbocycles. The molecule has 0 unspecified atom stereocenters. The standard InChI is InChI=1S/C18H22ClN3/c19-12-4-5-13-14-6-10-22-16(18(14)20-15(13)11-12)7-9-21-8-2-1-3-17(21)22/h4-5,11,16-17,20H,1-3,6-10H2/t16-,17-/m0/s1. The van der Waals surface area contributed by atoms with Crippen molar-refractivity contribution in [2.24, 2.45) is 0 Å². The molecule has 3 aliphatic heterocycles. The van der Waals surface area contributed by atoms with Crippen LogP contribution in [0.4, 0.5) is 0 Å². The molecule has 4 heteroatoms. The van der Waals surface area contributed by atoms with E-state index in [0.29, 0.717) is 12.2 Å². The molecule has 2 aromatic rings. The molecule has 0 bridgehead atoms. The topological polar surface area (TPSA) is 22.3 Å². The van der Waals surface area contributed by atoms with E-state index in [1.54, 1.807) is 0 Å². The Morgan fingerprint density at radius 1 is 1.09 bits per heavy atom. The van der Waals surface area contributed by atoms with E-state index < -0.39 is 0 Å². The molecular formula is C18H22ClN3. The molecule has 0 aliphatic carbocycles. The van der Waals surface area contributed by atoms with Gasteiger partial charge in [0.05, 0.1) is 12.2 Å². The lowest BCUT2D eigenvalue weighted by atomic mass is 9.90. The van der Waals surface area contributed by atoms with E-state index in [-0.39, 0.29) is 0 Å². The zero-order valence-corrected chi connectivity index (χ0v) is 13.6. The Balaban J connectivity index is 1.58. The maximum atomic E-state index is 6.17. The number of nitrogens with zero attached hydrogens (tertiary/aromatic N) is 2. The summed E-state index contributed by atoms with van der Waals surface area (Å²) in [5.41, 5.74) is 4.22. The average Bonchev–Trinajstić information content (AvgIpc) is 2.92. The minimum absolute atomic E-state index is 0.578. The van der Waals surface area contributed by atoms with Gasteiger partial charge in [-0.15, -0.1) is 0 Å². The lowest BCUT2D eigenvalue weighted by molar-refractivity contribution is -0.0599. The number of hydrogen-bond donors (Lipinski definition) is 1. The predicted molar refractivity (Wildman–Crippen MR) is 90.3 cm³/mol. The molecule has 2 saturated heterocycles. The van der Waals surface area contributed by atoms with E-state index >= 15 is 0 Å². The Hall–Kier alpha value is -1.03. The number of halogens is 1. The SMILES string of the molecule is Clc1ccc2c3c([nH]c2c1)[C@@H]1CCN2CCCC[C@@H]2N1CC3. The van der Waals surface area contributed by atoms with Gasteiger partial charge in [-0.25, -0.2) is 0 Å². The first-order valence-corrected chi connectivity index (χ1v) is 8.99. The second-order valence-corrected chi connectivity index (χ2v) is 7.45. The predicted octanol–water partition coefficient (Wildman–Crippen LogP) is 3.94. The number of H-pyrrole nitrogens is 1. The summed E-state index contributed by atoms with van der Waals surface area (Å²) in [6, 6.07) is 6.87. The van der Waals surface area contributed by atoms with Crippen molar-refractivity contribution in [1.82, 2.24) is 14.8 Å². The molecule has 22 heavy (non-hydrogen) atoms. The number of hydrogen-bond acceptors (Lipinski definition) is 2. The van der Waals surface area contributed by atoms with Crippen molar-refractivity contribution in [2.75, 3.05) is 19.6 Å². The lowest BCUT2D eigenvalue weighted by Crippen LogP contribution is -2.58. The maximum absolute atomic E-state index is 6.17. The molecule has 0 radical (unpaired) electrons. The number of piperidine rings is 1. The van der Waals surface area contributed by atoms with Gasteiger partial charge in [-0.2, -0.15) is 0 Å². The van der Waals surface area contributed by atoms with Crippen molar-refractivity contribution in [1.29, 1.82) is 0 Å². The fourth-order valence-electron chi connectivity index (χ4n) is 4.93. The van der Waals surface area contributed by atoms with Crippen LogP contribution in [0.25, 0.3) is 10.9 Å². The summed E-state index contributed by atoms with van der Waals surface area (Å²) in [4.78, 5) is 9.19. The summed E-state index contributed by atoms with van der Waals surface area (Å²) >= 11 is 6.17. The van der Waals surface area contributed by atoms with Gasteiger partial charge in [0.15, 0.2) is 0 Å². The van der Waals surface area contributed by atoms with Crippen LogP contribution in [0.5, 0.6) is 0 Å². The number of rotatable bonds is 0. The fraction of sp³-hybridized carbons (Fsp3) is 0.556. The molecule has 2 atom stereocenters. The molecule has 0 spiro atoms. The number of aromatic nitrogens is 1. The van der Waals surface area contributed by atoms with Gasteiger partial charge in [0.2, 0.25) is 0 Å². The van der Waals surface area contributed by atoms with E-state index in [4.69, 9.17) is 11.6 Å². The van der Waals surface area contributed by atoms with Gasteiger partial charge in [0.1, 0.15) is 0 Å². The Labute approximate surface area is 136 Å². The highest BCUT2D eigenvalue weighted by Crippen LogP contribution is 2.42. The molecular weight excluding hydrogens is 294 g/mol. The van der Waals surface area contributed by atoms with Crippen LogP contribution in [0.1, 0.15) is 43.0 Å². The van der Waals surface area contributed by atoms with Gasteiger partial charge in [-0.3, -0.25) is 9.80 Å². The van der Waals surface area contributed by atoms with Crippen LogP contribution >= 0.6 is 11.6 Å². The Morgan fingerprint density at radius 3 is 3.00 bits per heavy atom. The third-order valence-corrected chi connectivity index (χ3v) is 6.14. The highest BCUT2D eigenvalue weighted by atomic mass is 35.5. The molecule has 116 valence electrons. The first-order chi connectivity index (χ1) is 10.8. The van der Waals surface area contributed by atoms with Crippen LogP contribution in [0, 0.1) is 0 Å². The average molecular weight is 316 g/mol. The summed E-state index contributed by atoms with van der Waals surface area (Å²) in [5, 5.41) is 2.20. The van der Waals surface area contributed by atoms with Crippen molar-refractivity contribution < 1.29 is 0 Å². The molecule has 3 nitrogen and oxygen atoms in total. The van der Waals surface area contributed by atoms with Gasteiger partial charge in [-0.1, -0.05) is 17.7 Å². The van der Waals surface area contributed by atoms with Crippen molar-refractivity contribution in [3.05, 3.63) is 34.5 Å². The third kappa shape index (κ3) is 1.89. The molecule has 1 aromatic heterocycles. The van der Waals surface area contributed by atoms with Crippen LogP contribution < -0.4 is 0 Å². The van der Waals surface area contributed by atoms with Gasteiger partial charge < -0.3 is 4.98 Å². The van der Waals surface area contributed by atoms with Crippen LogP contribution in [-0.4, -0.2) is 40.6 Å². The molecule has 0 saturated carbocycles. The van der Waals surface area contributed by atoms with Gasteiger partial charge in [0, 0.05) is 34.7 Å². The van der Waals surface area contributed by atoms with Crippen LogP contribution in [-0.2, 0) is 6.42 Å². The molecule has 5 rings (SSSR count). The monoisotopic (exact) mass is 315 g/mol. The zero-order chi connectivity index (χ0) is 14.7. The van der Waals surface area contributed by atoms with E-state index in [0.717, 1.165) is 11.4 Å². The molecule has 1 N–H and O–H groups in total. The van der Waals surface area contributed by atoms with Crippen LogP contribution in [0.15, 0.2) is 18.2 Å². The third-order valence-electron chi connectivity index (χ3n) is 5.91. The Morgan fingerprint density at radius 2 is 2.05 bits per heavy atom. The summed E-state index contributed by atoms with van der Waals surface area (Å²) in [6.07, 6.45) is 7.21. The number of aromatic amines is 1. The van der Waals surface area contributed by atoms with Crippen molar-refractivity contribution >= 4 is 22.5 Å². The van der Waals surface area contributed by atoms with Crippen LogP contribution in [0.3, 0.4) is 0 Å². The highest BCUT2D eigenvalue weighted by Gasteiger charge is 2.41. The van der Waals surface area contributed by atoms with Crippen molar-refractivity contribution in [3.63, 3.8) is 0 Å². The summed E-state index contributed by atoms with van der Waals surface area (Å²) in [6.45, 7) is 3.75. The summed E-state index contributed by atoms with van der Waals surface area (Å²) in [7, 11) is 0. The van der Waals surface area contributed by atoms with Gasteiger partial charge >= 0.3 is 0 Å². The second-order valence-electron chi connectivity index (χ2n) is 7.01. The normalized spacial score (nSPS) is 29.1. The lowest BCUT2D eigenvalue weighted by Gasteiger charge is -2.52. The summed E-state index contributed by atoms with van der Waals surface area (Å²) in [5.74, 6) is 0. The molecule has 4 heterocycles. The minimum Gasteiger partial charge on any atom is -0.357 e. The largest absolute Gasteiger partial charge is 0.357 e. The van der Waals surface area contributed by atoms with Gasteiger partial charge in [0.25, 0.3) is 0 Å². The quantitative estimate of drug-likeness (QED) is 0.795. The second kappa shape index (κ2) is 4.98. The molecule has 2 fully saturated rings. The number of benzene rings is 1. The fourth-order valence-corrected chi connectivity index (χ4v) is 5.10. The Bertz CT molecular complexity index is 722. The van der Waals surface area contributed by atoms with Crippen LogP contribution in [0.2, 0.25) is 5.02 Å². The first-order valence-electron chi connectivity index (χ1n) is 8.61. The highest BCUT2D eigenvalue weighted by molar-refractivity contribution is 6.31. The van der Waals surface area contributed by atoms with E-state index in [1.165, 1.54) is 67.5 Å². The molecule has 0 amide bonds. The zero-order valence-electron chi connectivity index (χ0n) is 12.8.